The fraction of sp³-hybridized carbons (Fsp3) is 0.409. The zero-order chi connectivity index (χ0) is 19.5. The molecule has 3 aromatic rings. The summed E-state index contributed by atoms with van der Waals surface area (Å²) >= 11 is 1.67. The summed E-state index contributed by atoms with van der Waals surface area (Å²) in [6, 6.07) is 15.9. The van der Waals surface area contributed by atoms with Gasteiger partial charge in [-0.3, -0.25) is 0 Å². The topological polar surface area (TPSA) is 54.8 Å². The van der Waals surface area contributed by atoms with Crippen molar-refractivity contribution in [1.29, 1.82) is 0 Å². The monoisotopic (exact) mass is 398 g/mol. The number of nitrogens with zero attached hydrogens (tertiary/aromatic N) is 2. The van der Waals surface area contributed by atoms with E-state index in [1.54, 1.807) is 18.3 Å². The molecule has 1 aromatic heterocycles. The number of rotatable bonds is 6. The van der Waals surface area contributed by atoms with Crippen LogP contribution in [0.15, 0.2) is 48.5 Å². The maximum absolute atomic E-state index is 9.57. The van der Waals surface area contributed by atoms with Crippen LogP contribution in [0.25, 0.3) is 10.2 Å². The molecule has 2 atom stereocenters. The normalized spacial score (nSPS) is 18.2. The molecule has 0 saturated carbocycles. The number of para-hydroxylation sites is 1. The summed E-state index contributed by atoms with van der Waals surface area (Å²) in [5.41, 5.74) is 1.99. The number of aliphatic hydroxyl groups excluding tert-OH is 1. The first-order chi connectivity index (χ1) is 13.6. The molecule has 28 heavy (non-hydrogen) atoms. The highest BCUT2D eigenvalue weighted by Gasteiger charge is 2.26. The van der Waals surface area contributed by atoms with Gasteiger partial charge in [0.15, 0.2) is 6.29 Å². The van der Waals surface area contributed by atoms with E-state index < -0.39 is 6.29 Å². The predicted octanol–water partition coefficient (Wildman–Crippen LogP) is 4.21. The Labute approximate surface area is 169 Å². The Balaban J connectivity index is 1.66. The molecule has 5 nitrogen and oxygen atoms in total. The SMILES string of the molecule is CC(O)Oc1cccc(C(OC2CCN(C)CC2)c2nc3ccccc3s2)c1. The van der Waals surface area contributed by atoms with Crippen molar-refractivity contribution in [2.75, 3.05) is 20.1 Å². The summed E-state index contributed by atoms with van der Waals surface area (Å²) in [5.74, 6) is 0.630. The van der Waals surface area contributed by atoms with E-state index in [1.165, 1.54) is 0 Å². The lowest BCUT2D eigenvalue weighted by atomic mass is 10.1. The average Bonchev–Trinajstić information content (AvgIpc) is 3.11. The number of thiazole rings is 1. The highest BCUT2D eigenvalue weighted by Crippen LogP contribution is 2.36. The summed E-state index contributed by atoms with van der Waals surface area (Å²) in [4.78, 5) is 7.19. The second kappa shape index (κ2) is 8.57. The van der Waals surface area contributed by atoms with Crippen molar-refractivity contribution in [2.45, 2.75) is 38.3 Å². The van der Waals surface area contributed by atoms with Crippen molar-refractivity contribution in [2.24, 2.45) is 0 Å². The number of likely N-dealkylation sites (tertiary alicyclic amines) is 1. The second-order valence-electron chi connectivity index (χ2n) is 7.33. The molecule has 6 heteroatoms. The molecule has 1 fully saturated rings. The van der Waals surface area contributed by atoms with Crippen LogP contribution in [0.5, 0.6) is 5.75 Å². The van der Waals surface area contributed by atoms with E-state index in [1.807, 2.05) is 42.5 Å². The third kappa shape index (κ3) is 4.52. The molecule has 2 unspecified atom stereocenters. The van der Waals surface area contributed by atoms with Crippen LogP contribution in [0.3, 0.4) is 0 Å². The number of fused-ring (bicyclic) bond motifs is 1. The minimum absolute atomic E-state index is 0.203. The first-order valence-corrected chi connectivity index (χ1v) is 10.5. The van der Waals surface area contributed by atoms with Gasteiger partial charge in [0.2, 0.25) is 0 Å². The van der Waals surface area contributed by atoms with Crippen LogP contribution < -0.4 is 4.74 Å². The first kappa shape index (κ1) is 19.3. The second-order valence-corrected chi connectivity index (χ2v) is 8.39. The number of hydrogen-bond acceptors (Lipinski definition) is 6. The summed E-state index contributed by atoms with van der Waals surface area (Å²) < 4.78 is 13.2. The van der Waals surface area contributed by atoms with Crippen molar-refractivity contribution in [3.05, 3.63) is 59.1 Å². The number of ether oxygens (including phenoxy) is 2. The van der Waals surface area contributed by atoms with Gasteiger partial charge >= 0.3 is 0 Å². The third-order valence-corrected chi connectivity index (χ3v) is 6.08. The maximum atomic E-state index is 9.57. The lowest BCUT2D eigenvalue weighted by molar-refractivity contribution is -0.0241. The average molecular weight is 399 g/mol. The molecular weight excluding hydrogens is 372 g/mol. The van der Waals surface area contributed by atoms with Crippen LogP contribution in [0, 0.1) is 0 Å². The van der Waals surface area contributed by atoms with Crippen molar-refractivity contribution < 1.29 is 14.6 Å². The predicted molar refractivity (Wildman–Crippen MR) is 112 cm³/mol. The fourth-order valence-corrected chi connectivity index (χ4v) is 4.58. The summed E-state index contributed by atoms with van der Waals surface area (Å²) in [7, 11) is 2.15. The van der Waals surface area contributed by atoms with E-state index in [-0.39, 0.29) is 12.2 Å². The van der Waals surface area contributed by atoms with Crippen LogP contribution in [0.1, 0.15) is 36.4 Å². The number of aliphatic hydroxyl groups is 1. The van der Waals surface area contributed by atoms with Crippen molar-refractivity contribution in [1.82, 2.24) is 9.88 Å². The van der Waals surface area contributed by atoms with Crippen molar-refractivity contribution in [3.63, 3.8) is 0 Å². The van der Waals surface area contributed by atoms with Gasteiger partial charge in [0.25, 0.3) is 0 Å². The number of piperidine rings is 1. The van der Waals surface area contributed by atoms with Crippen LogP contribution in [-0.4, -0.2) is 47.5 Å². The van der Waals surface area contributed by atoms with Crippen LogP contribution in [0.4, 0.5) is 0 Å². The molecular formula is C22H26N2O3S. The molecule has 1 aliphatic rings. The van der Waals surface area contributed by atoms with Gasteiger partial charge in [-0.1, -0.05) is 24.3 Å². The van der Waals surface area contributed by atoms with E-state index >= 15 is 0 Å². The Morgan fingerprint density at radius 3 is 2.68 bits per heavy atom. The molecule has 0 spiro atoms. The Kier molecular flexibility index (Phi) is 5.92. The molecule has 2 aromatic carbocycles. The quantitative estimate of drug-likeness (QED) is 0.630. The smallest absolute Gasteiger partial charge is 0.194 e. The van der Waals surface area contributed by atoms with Gasteiger partial charge in [-0.25, -0.2) is 4.98 Å². The summed E-state index contributed by atoms with van der Waals surface area (Å²) in [6.45, 7) is 3.69. The Morgan fingerprint density at radius 1 is 1.14 bits per heavy atom. The largest absolute Gasteiger partial charge is 0.465 e. The van der Waals surface area contributed by atoms with E-state index in [9.17, 15) is 5.11 Å². The molecule has 1 saturated heterocycles. The maximum Gasteiger partial charge on any atom is 0.194 e. The third-order valence-electron chi connectivity index (χ3n) is 5.00. The zero-order valence-electron chi connectivity index (χ0n) is 16.2. The Hall–Kier alpha value is -1.99. The van der Waals surface area contributed by atoms with Gasteiger partial charge in [0, 0.05) is 13.1 Å². The van der Waals surface area contributed by atoms with E-state index in [4.69, 9.17) is 14.5 Å². The van der Waals surface area contributed by atoms with Crippen LogP contribution in [0.2, 0.25) is 0 Å². The Bertz CT molecular complexity index is 886. The summed E-state index contributed by atoms with van der Waals surface area (Å²) in [5, 5.41) is 10.5. The molecule has 1 aliphatic heterocycles. The standard InChI is InChI=1S/C22H26N2O3S/c1-15(25)26-18-7-5-6-16(14-18)21(27-17-10-12-24(2)13-11-17)22-23-19-8-3-4-9-20(19)28-22/h3-9,14-15,17,21,25H,10-13H2,1-2H3. The Morgan fingerprint density at radius 2 is 1.93 bits per heavy atom. The number of aromatic nitrogens is 1. The van der Waals surface area contributed by atoms with E-state index in [2.05, 4.69) is 18.0 Å². The fourth-order valence-electron chi connectivity index (χ4n) is 3.54. The number of benzene rings is 2. The molecule has 0 bridgehead atoms. The zero-order valence-corrected chi connectivity index (χ0v) is 17.1. The molecule has 0 amide bonds. The van der Waals surface area contributed by atoms with Crippen molar-refractivity contribution >= 4 is 21.6 Å². The first-order valence-electron chi connectivity index (χ1n) is 9.72. The number of hydrogen-bond donors (Lipinski definition) is 1. The molecule has 0 radical (unpaired) electrons. The molecule has 4 rings (SSSR count). The van der Waals surface area contributed by atoms with E-state index in [0.29, 0.717) is 5.75 Å². The molecule has 0 aliphatic carbocycles. The highest BCUT2D eigenvalue weighted by atomic mass is 32.1. The lowest BCUT2D eigenvalue weighted by Gasteiger charge is -2.31. The van der Waals surface area contributed by atoms with Crippen LogP contribution >= 0.6 is 11.3 Å². The van der Waals surface area contributed by atoms with Crippen LogP contribution in [-0.2, 0) is 4.74 Å². The van der Waals surface area contributed by atoms with Gasteiger partial charge in [-0.05, 0) is 56.6 Å². The summed E-state index contributed by atoms with van der Waals surface area (Å²) in [6.07, 6.45) is 1.13. The highest BCUT2D eigenvalue weighted by molar-refractivity contribution is 7.18. The van der Waals surface area contributed by atoms with E-state index in [0.717, 1.165) is 46.7 Å². The van der Waals surface area contributed by atoms with Crippen molar-refractivity contribution in [3.8, 4) is 5.75 Å². The lowest BCUT2D eigenvalue weighted by Crippen LogP contribution is -2.35. The molecule has 2 heterocycles. The van der Waals surface area contributed by atoms with Gasteiger partial charge in [-0.15, -0.1) is 11.3 Å². The minimum Gasteiger partial charge on any atom is -0.465 e. The molecule has 1 N–H and O–H groups in total. The van der Waals surface area contributed by atoms with Gasteiger partial charge < -0.3 is 19.5 Å². The van der Waals surface area contributed by atoms with Gasteiger partial charge in [0.1, 0.15) is 16.9 Å². The minimum atomic E-state index is -0.856. The van der Waals surface area contributed by atoms with Gasteiger partial charge in [0.05, 0.1) is 16.3 Å². The van der Waals surface area contributed by atoms with Gasteiger partial charge in [-0.2, -0.15) is 0 Å². The molecule has 148 valence electrons.